The third kappa shape index (κ3) is 4.20. The first kappa shape index (κ1) is 14.3. The van der Waals surface area contributed by atoms with Crippen LogP contribution in [0.4, 0.5) is 0 Å². The first-order chi connectivity index (χ1) is 9.16. The summed E-state index contributed by atoms with van der Waals surface area (Å²) >= 11 is 5.92. The van der Waals surface area contributed by atoms with Gasteiger partial charge in [-0.25, -0.2) is 0 Å². The first-order valence-corrected chi connectivity index (χ1v) is 7.02. The minimum absolute atomic E-state index is 0.0462. The lowest BCUT2D eigenvalue weighted by Crippen LogP contribution is -2.46. The van der Waals surface area contributed by atoms with Gasteiger partial charge >= 0.3 is 0 Å². The highest BCUT2D eigenvalue weighted by atomic mass is 35.5. The number of halogens is 1. The van der Waals surface area contributed by atoms with Crippen LogP contribution in [0.15, 0.2) is 18.2 Å². The van der Waals surface area contributed by atoms with Crippen molar-refractivity contribution in [2.45, 2.75) is 6.92 Å². The van der Waals surface area contributed by atoms with Gasteiger partial charge in [0.1, 0.15) is 0 Å². The molecule has 2 rings (SSSR count). The number of carbonyl (C=O) groups is 1. The third-order valence-corrected chi connectivity index (χ3v) is 3.60. The minimum Gasteiger partial charge on any atom is -0.351 e. The highest BCUT2D eigenvalue weighted by Crippen LogP contribution is 2.15. The Hall–Kier alpha value is -1.10. The molecule has 1 aliphatic heterocycles. The number of amides is 1. The van der Waals surface area contributed by atoms with Gasteiger partial charge in [0.2, 0.25) is 0 Å². The van der Waals surface area contributed by atoms with Gasteiger partial charge in [0, 0.05) is 49.9 Å². The van der Waals surface area contributed by atoms with Crippen molar-refractivity contribution in [3.05, 3.63) is 34.3 Å². The molecule has 0 aromatic heterocycles. The van der Waals surface area contributed by atoms with Crippen molar-refractivity contribution in [3.8, 4) is 0 Å². The molecule has 0 saturated carbocycles. The number of nitrogens with zero attached hydrogens (tertiary/aromatic N) is 1. The van der Waals surface area contributed by atoms with Crippen molar-refractivity contribution in [1.82, 2.24) is 15.5 Å². The van der Waals surface area contributed by atoms with Gasteiger partial charge in [-0.05, 0) is 24.6 Å². The number of piperazine rings is 1. The van der Waals surface area contributed by atoms with E-state index < -0.39 is 0 Å². The van der Waals surface area contributed by atoms with Crippen LogP contribution >= 0.6 is 11.6 Å². The van der Waals surface area contributed by atoms with Crippen LogP contribution in [-0.2, 0) is 0 Å². The summed E-state index contributed by atoms with van der Waals surface area (Å²) in [6.45, 7) is 7.64. The summed E-state index contributed by atoms with van der Waals surface area (Å²) in [6.07, 6.45) is 0. The van der Waals surface area contributed by atoms with Crippen molar-refractivity contribution in [2.24, 2.45) is 0 Å². The van der Waals surface area contributed by atoms with E-state index in [-0.39, 0.29) is 5.91 Å². The standard InChI is InChI=1S/C14H20ClN3O/c1-11-2-3-12(15)10-13(11)14(19)17-6-9-18-7-4-16-5-8-18/h2-3,10,16H,4-9H2,1H3,(H,17,19). The van der Waals surface area contributed by atoms with Crippen molar-refractivity contribution in [2.75, 3.05) is 39.3 Å². The average molecular weight is 282 g/mol. The molecule has 104 valence electrons. The first-order valence-electron chi connectivity index (χ1n) is 6.64. The van der Waals surface area contributed by atoms with Crippen LogP contribution in [0.2, 0.25) is 5.02 Å². The quantitative estimate of drug-likeness (QED) is 0.874. The summed E-state index contributed by atoms with van der Waals surface area (Å²) in [5, 5.41) is 6.86. The average Bonchev–Trinajstić information content (AvgIpc) is 2.42. The number of carbonyl (C=O) groups excluding carboxylic acids is 1. The molecule has 1 aliphatic rings. The molecule has 0 radical (unpaired) electrons. The number of rotatable bonds is 4. The molecular weight excluding hydrogens is 262 g/mol. The lowest BCUT2D eigenvalue weighted by Gasteiger charge is -2.27. The van der Waals surface area contributed by atoms with Crippen LogP contribution < -0.4 is 10.6 Å². The molecule has 0 spiro atoms. The molecule has 1 aromatic carbocycles. The highest BCUT2D eigenvalue weighted by molar-refractivity contribution is 6.31. The molecule has 19 heavy (non-hydrogen) atoms. The SMILES string of the molecule is Cc1ccc(Cl)cc1C(=O)NCCN1CCNCC1. The van der Waals surface area contributed by atoms with E-state index in [1.807, 2.05) is 13.0 Å². The molecule has 2 N–H and O–H groups in total. The lowest BCUT2D eigenvalue weighted by atomic mass is 10.1. The lowest BCUT2D eigenvalue weighted by molar-refractivity contribution is 0.0946. The Bertz CT molecular complexity index is 444. The van der Waals surface area contributed by atoms with E-state index in [2.05, 4.69) is 15.5 Å². The Balaban J connectivity index is 1.82. The largest absolute Gasteiger partial charge is 0.351 e. The Labute approximate surface area is 119 Å². The fraction of sp³-hybridized carbons (Fsp3) is 0.500. The Kier molecular flexibility index (Phi) is 5.19. The number of nitrogens with one attached hydrogen (secondary N) is 2. The maximum Gasteiger partial charge on any atom is 0.251 e. The second-order valence-corrected chi connectivity index (χ2v) is 5.24. The molecule has 0 bridgehead atoms. The van der Waals surface area contributed by atoms with E-state index in [0.29, 0.717) is 17.1 Å². The molecule has 0 atom stereocenters. The molecule has 1 amide bonds. The van der Waals surface area contributed by atoms with Crippen LogP contribution in [0.25, 0.3) is 0 Å². The van der Waals surface area contributed by atoms with E-state index in [0.717, 1.165) is 38.3 Å². The fourth-order valence-electron chi connectivity index (χ4n) is 2.20. The maximum absolute atomic E-state index is 12.1. The van der Waals surface area contributed by atoms with Gasteiger partial charge in [0.25, 0.3) is 5.91 Å². The zero-order valence-electron chi connectivity index (χ0n) is 11.2. The van der Waals surface area contributed by atoms with Crippen LogP contribution in [0.3, 0.4) is 0 Å². The number of aryl methyl sites for hydroxylation is 1. The summed E-state index contributed by atoms with van der Waals surface area (Å²) < 4.78 is 0. The number of hydrogen-bond donors (Lipinski definition) is 2. The summed E-state index contributed by atoms with van der Waals surface area (Å²) in [5.41, 5.74) is 1.61. The van der Waals surface area contributed by atoms with Gasteiger partial charge in [-0.1, -0.05) is 17.7 Å². The van der Waals surface area contributed by atoms with Crippen molar-refractivity contribution in [1.29, 1.82) is 0 Å². The van der Waals surface area contributed by atoms with E-state index >= 15 is 0 Å². The van der Waals surface area contributed by atoms with Crippen LogP contribution in [0, 0.1) is 6.92 Å². The maximum atomic E-state index is 12.1. The molecule has 0 aliphatic carbocycles. The van der Waals surface area contributed by atoms with Crippen molar-refractivity contribution in [3.63, 3.8) is 0 Å². The van der Waals surface area contributed by atoms with Gasteiger partial charge in [0.05, 0.1) is 0 Å². The fourth-order valence-corrected chi connectivity index (χ4v) is 2.37. The molecule has 1 aromatic rings. The van der Waals surface area contributed by atoms with Gasteiger partial charge < -0.3 is 10.6 Å². The molecule has 1 saturated heterocycles. The monoisotopic (exact) mass is 281 g/mol. The predicted octanol–water partition coefficient (Wildman–Crippen LogP) is 1.28. The second kappa shape index (κ2) is 6.89. The van der Waals surface area contributed by atoms with Crippen LogP contribution in [0.1, 0.15) is 15.9 Å². The molecule has 0 unspecified atom stereocenters. The molecule has 4 nitrogen and oxygen atoms in total. The van der Waals surface area contributed by atoms with E-state index in [1.165, 1.54) is 0 Å². The Morgan fingerprint density at radius 3 is 2.89 bits per heavy atom. The minimum atomic E-state index is -0.0462. The third-order valence-electron chi connectivity index (χ3n) is 3.37. The van der Waals surface area contributed by atoms with Gasteiger partial charge in [-0.15, -0.1) is 0 Å². The summed E-state index contributed by atoms with van der Waals surface area (Å²) in [6, 6.07) is 5.39. The molecule has 1 fully saturated rings. The van der Waals surface area contributed by atoms with E-state index in [1.54, 1.807) is 12.1 Å². The number of benzene rings is 1. The highest BCUT2D eigenvalue weighted by Gasteiger charge is 2.11. The number of hydrogen-bond acceptors (Lipinski definition) is 3. The molecule has 1 heterocycles. The van der Waals surface area contributed by atoms with Crippen molar-refractivity contribution >= 4 is 17.5 Å². The van der Waals surface area contributed by atoms with Crippen molar-refractivity contribution < 1.29 is 4.79 Å². The summed E-state index contributed by atoms with van der Waals surface area (Å²) in [7, 11) is 0. The Morgan fingerprint density at radius 1 is 1.42 bits per heavy atom. The van der Waals surface area contributed by atoms with E-state index in [9.17, 15) is 4.79 Å². The van der Waals surface area contributed by atoms with Crippen LogP contribution in [-0.4, -0.2) is 50.1 Å². The van der Waals surface area contributed by atoms with Gasteiger partial charge in [-0.2, -0.15) is 0 Å². The summed E-state index contributed by atoms with van der Waals surface area (Å²) in [5.74, 6) is -0.0462. The smallest absolute Gasteiger partial charge is 0.251 e. The zero-order chi connectivity index (χ0) is 13.7. The van der Waals surface area contributed by atoms with Gasteiger partial charge in [-0.3, -0.25) is 9.69 Å². The topological polar surface area (TPSA) is 44.4 Å². The summed E-state index contributed by atoms with van der Waals surface area (Å²) in [4.78, 5) is 14.4. The normalized spacial score (nSPS) is 16.3. The second-order valence-electron chi connectivity index (χ2n) is 4.81. The van der Waals surface area contributed by atoms with E-state index in [4.69, 9.17) is 11.6 Å². The molecular formula is C14H20ClN3O. The van der Waals surface area contributed by atoms with Gasteiger partial charge in [0.15, 0.2) is 0 Å². The zero-order valence-corrected chi connectivity index (χ0v) is 12.0. The Morgan fingerprint density at radius 2 is 2.16 bits per heavy atom. The van der Waals surface area contributed by atoms with Crippen LogP contribution in [0.5, 0.6) is 0 Å². The molecule has 5 heteroatoms. The predicted molar refractivity (Wildman–Crippen MR) is 77.8 cm³/mol.